The summed E-state index contributed by atoms with van der Waals surface area (Å²) in [4.78, 5) is 29.0. The van der Waals surface area contributed by atoms with E-state index in [9.17, 15) is 9.59 Å². The Balaban J connectivity index is 1.81. The van der Waals surface area contributed by atoms with Gasteiger partial charge in [0, 0.05) is 23.3 Å². The fraction of sp³-hybridized carbons (Fsp3) is 0.375. The Morgan fingerprint density at radius 3 is 2.86 bits per heavy atom. The van der Waals surface area contributed by atoms with Crippen LogP contribution in [0.4, 0.5) is 0 Å². The van der Waals surface area contributed by atoms with E-state index in [0.29, 0.717) is 12.2 Å². The minimum absolute atomic E-state index is 0.0279. The van der Waals surface area contributed by atoms with Crippen molar-refractivity contribution in [2.45, 2.75) is 25.8 Å². The summed E-state index contributed by atoms with van der Waals surface area (Å²) in [5.74, 6) is -0.458. The van der Waals surface area contributed by atoms with E-state index in [1.54, 1.807) is 17.9 Å². The van der Waals surface area contributed by atoms with Gasteiger partial charge in [-0.25, -0.2) is 0 Å². The zero-order valence-corrected chi connectivity index (χ0v) is 12.0. The highest BCUT2D eigenvalue weighted by molar-refractivity contribution is 5.99. The summed E-state index contributed by atoms with van der Waals surface area (Å²) < 4.78 is 4.96. The molecule has 110 valence electrons. The Morgan fingerprint density at radius 2 is 2.14 bits per heavy atom. The number of H-pyrrole nitrogens is 1. The summed E-state index contributed by atoms with van der Waals surface area (Å²) in [6.07, 6.45) is 3.75. The number of rotatable bonds is 5. The Bertz CT molecular complexity index is 673. The summed E-state index contributed by atoms with van der Waals surface area (Å²) in [5, 5.41) is 1.06. The molecule has 5 nitrogen and oxygen atoms in total. The highest BCUT2D eigenvalue weighted by Crippen LogP contribution is 2.28. The van der Waals surface area contributed by atoms with Gasteiger partial charge in [0.05, 0.1) is 6.61 Å². The monoisotopic (exact) mass is 286 g/mol. The van der Waals surface area contributed by atoms with E-state index < -0.39 is 0 Å². The molecule has 5 heteroatoms. The van der Waals surface area contributed by atoms with E-state index in [0.717, 1.165) is 23.7 Å². The first-order valence-electron chi connectivity index (χ1n) is 7.22. The molecule has 0 radical (unpaired) electrons. The zero-order valence-electron chi connectivity index (χ0n) is 12.0. The molecule has 3 rings (SSSR count). The Morgan fingerprint density at radius 1 is 1.33 bits per heavy atom. The maximum atomic E-state index is 12.6. The predicted molar refractivity (Wildman–Crippen MR) is 79.0 cm³/mol. The summed E-state index contributed by atoms with van der Waals surface area (Å²) in [6.45, 7) is 2.13. The van der Waals surface area contributed by atoms with Crippen molar-refractivity contribution < 1.29 is 14.3 Å². The smallest absolute Gasteiger partial charge is 0.325 e. The number of benzene rings is 1. The molecule has 0 bridgehead atoms. The molecular formula is C16H18N2O3. The molecule has 0 aliphatic heterocycles. The topological polar surface area (TPSA) is 62.4 Å². The first kappa shape index (κ1) is 13.7. The maximum absolute atomic E-state index is 12.6. The molecule has 21 heavy (non-hydrogen) atoms. The average molecular weight is 286 g/mol. The van der Waals surface area contributed by atoms with E-state index in [2.05, 4.69) is 4.98 Å². The second kappa shape index (κ2) is 5.60. The van der Waals surface area contributed by atoms with Crippen LogP contribution in [0.25, 0.3) is 10.9 Å². The number of hydrogen-bond acceptors (Lipinski definition) is 3. The summed E-state index contributed by atoms with van der Waals surface area (Å²) in [5.41, 5.74) is 1.52. The van der Waals surface area contributed by atoms with Crippen LogP contribution >= 0.6 is 0 Å². The number of hydrogen-bond donors (Lipinski definition) is 1. The van der Waals surface area contributed by atoms with E-state index in [1.807, 2.05) is 24.4 Å². The number of aromatic nitrogens is 1. The number of nitrogens with one attached hydrogen (secondary N) is 1. The van der Waals surface area contributed by atoms with Crippen LogP contribution in [0.15, 0.2) is 30.5 Å². The van der Waals surface area contributed by atoms with Gasteiger partial charge in [-0.3, -0.25) is 9.59 Å². The highest BCUT2D eigenvalue weighted by atomic mass is 16.5. The summed E-state index contributed by atoms with van der Waals surface area (Å²) >= 11 is 0. The van der Waals surface area contributed by atoms with Crippen LogP contribution in [0.3, 0.4) is 0 Å². The minimum Gasteiger partial charge on any atom is -0.465 e. The fourth-order valence-electron chi connectivity index (χ4n) is 2.45. The molecule has 1 aliphatic carbocycles. The van der Waals surface area contributed by atoms with E-state index in [4.69, 9.17) is 4.74 Å². The van der Waals surface area contributed by atoms with Crippen molar-refractivity contribution in [1.82, 2.24) is 9.88 Å². The van der Waals surface area contributed by atoms with Crippen LogP contribution in [-0.2, 0) is 9.53 Å². The average Bonchev–Trinajstić information content (AvgIpc) is 3.21. The van der Waals surface area contributed by atoms with Gasteiger partial charge in [0.15, 0.2) is 0 Å². The van der Waals surface area contributed by atoms with Crippen molar-refractivity contribution in [3.05, 3.63) is 36.0 Å². The molecule has 2 aromatic rings. The lowest BCUT2D eigenvalue weighted by Crippen LogP contribution is -2.38. The molecule has 1 aromatic carbocycles. The molecule has 1 aromatic heterocycles. The van der Waals surface area contributed by atoms with Gasteiger partial charge in [0.1, 0.15) is 6.54 Å². The predicted octanol–water partition coefficient (Wildman–Crippen LogP) is 2.34. The SMILES string of the molecule is CCOC(=O)CN(C(=O)c1ccc2cc[nH]c2c1)C1CC1. The Kier molecular flexibility index (Phi) is 3.64. The third kappa shape index (κ3) is 2.91. The van der Waals surface area contributed by atoms with Gasteiger partial charge >= 0.3 is 5.97 Å². The number of aromatic amines is 1. The van der Waals surface area contributed by atoms with Gasteiger partial charge < -0.3 is 14.6 Å². The first-order valence-corrected chi connectivity index (χ1v) is 7.22. The standard InChI is InChI=1S/C16H18N2O3/c1-2-21-15(19)10-18(13-5-6-13)16(20)12-4-3-11-7-8-17-14(11)9-12/h3-4,7-9,13,17H,2,5-6,10H2,1H3. The number of nitrogens with zero attached hydrogens (tertiary/aromatic N) is 1. The fourth-order valence-corrected chi connectivity index (χ4v) is 2.45. The Labute approximate surface area is 122 Å². The second-order valence-corrected chi connectivity index (χ2v) is 5.25. The van der Waals surface area contributed by atoms with Crippen LogP contribution in [0, 0.1) is 0 Å². The maximum Gasteiger partial charge on any atom is 0.325 e. The largest absolute Gasteiger partial charge is 0.465 e. The van der Waals surface area contributed by atoms with Crippen LogP contribution < -0.4 is 0 Å². The molecule has 0 spiro atoms. The van der Waals surface area contributed by atoms with Gasteiger partial charge in [-0.1, -0.05) is 6.07 Å². The number of ether oxygens (including phenoxy) is 1. The molecule has 0 atom stereocenters. The first-order chi connectivity index (χ1) is 10.2. The Hall–Kier alpha value is -2.30. The molecule has 1 saturated carbocycles. The summed E-state index contributed by atoms with van der Waals surface area (Å²) in [7, 11) is 0. The van der Waals surface area contributed by atoms with E-state index in [1.165, 1.54) is 0 Å². The zero-order chi connectivity index (χ0) is 14.8. The molecular weight excluding hydrogens is 268 g/mol. The lowest BCUT2D eigenvalue weighted by atomic mass is 10.1. The quantitative estimate of drug-likeness (QED) is 0.858. The van der Waals surface area contributed by atoms with E-state index in [-0.39, 0.29) is 24.5 Å². The van der Waals surface area contributed by atoms with Gasteiger partial charge in [-0.2, -0.15) is 0 Å². The van der Waals surface area contributed by atoms with Gasteiger partial charge in [-0.05, 0) is 43.4 Å². The number of carbonyl (C=O) groups excluding carboxylic acids is 2. The normalized spacial score (nSPS) is 14.1. The number of carbonyl (C=O) groups is 2. The highest BCUT2D eigenvalue weighted by Gasteiger charge is 2.34. The lowest BCUT2D eigenvalue weighted by Gasteiger charge is -2.21. The van der Waals surface area contributed by atoms with E-state index >= 15 is 0 Å². The minimum atomic E-state index is -0.348. The van der Waals surface area contributed by atoms with Gasteiger partial charge in [0.25, 0.3) is 5.91 Å². The van der Waals surface area contributed by atoms with Gasteiger partial charge in [0.2, 0.25) is 0 Å². The lowest BCUT2D eigenvalue weighted by molar-refractivity contribution is -0.144. The molecule has 1 heterocycles. The van der Waals surface area contributed by atoms with Crippen LogP contribution in [0.1, 0.15) is 30.1 Å². The molecule has 1 fully saturated rings. The number of esters is 1. The molecule has 1 amide bonds. The van der Waals surface area contributed by atoms with Gasteiger partial charge in [-0.15, -0.1) is 0 Å². The van der Waals surface area contributed by atoms with Crippen molar-refractivity contribution >= 4 is 22.8 Å². The number of fused-ring (bicyclic) bond motifs is 1. The van der Waals surface area contributed by atoms with Crippen molar-refractivity contribution in [2.75, 3.05) is 13.2 Å². The number of amides is 1. The van der Waals surface area contributed by atoms with Crippen LogP contribution in [-0.4, -0.2) is 41.0 Å². The third-order valence-electron chi connectivity index (χ3n) is 3.66. The van der Waals surface area contributed by atoms with Crippen molar-refractivity contribution in [3.8, 4) is 0 Å². The van der Waals surface area contributed by atoms with Crippen molar-refractivity contribution in [2.24, 2.45) is 0 Å². The third-order valence-corrected chi connectivity index (χ3v) is 3.66. The van der Waals surface area contributed by atoms with Crippen LogP contribution in [0.2, 0.25) is 0 Å². The van der Waals surface area contributed by atoms with Crippen molar-refractivity contribution in [1.29, 1.82) is 0 Å². The molecule has 0 saturated heterocycles. The molecule has 1 N–H and O–H groups in total. The summed E-state index contributed by atoms with van der Waals surface area (Å²) in [6, 6.07) is 7.67. The molecule has 1 aliphatic rings. The van der Waals surface area contributed by atoms with Crippen LogP contribution in [0.5, 0.6) is 0 Å². The second-order valence-electron chi connectivity index (χ2n) is 5.25. The van der Waals surface area contributed by atoms with Crippen molar-refractivity contribution in [3.63, 3.8) is 0 Å². The molecule has 0 unspecified atom stereocenters.